The van der Waals surface area contributed by atoms with Crippen molar-refractivity contribution in [1.82, 2.24) is 9.97 Å². The Balaban J connectivity index is 2.01. The molecule has 2 heterocycles. The molecular weight excluding hydrogens is 464 g/mol. The van der Waals surface area contributed by atoms with Crippen LogP contribution < -0.4 is 9.64 Å². The van der Waals surface area contributed by atoms with Crippen LogP contribution in [-0.2, 0) is 17.9 Å². The molecule has 3 rings (SSSR count). The Kier molecular flexibility index (Phi) is 7.09. The van der Waals surface area contributed by atoms with E-state index in [9.17, 15) is 4.55 Å². The van der Waals surface area contributed by atoms with Gasteiger partial charge in [0.25, 0.3) is 0 Å². The third-order valence-electron chi connectivity index (χ3n) is 4.80. The molecule has 1 atom stereocenters. The van der Waals surface area contributed by atoms with Gasteiger partial charge in [-0.2, -0.15) is 0 Å². The number of ether oxygens (including phenoxy) is 1. The van der Waals surface area contributed by atoms with Gasteiger partial charge in [0, 0.05) is 27.8 Å². The van der Waals surface area contributed by atoms with E-state index in [1.165, 1.54) is 6.21 Å². The summed E-state index contributed by atoms with van der Waals surface area (Å²) in [6.07, 6.45) is 1.53. The molecule has 0 N–H and O–H groups in total. The number of aromatic nitrogens is 2. The molecule has 2 aromatic rings. The molecule has 30 heavy (non-hydrogen) atoms. The summed E-state index contributed by atoms with van der Waals surface area (Å²) < 4.78 is 23.1. The van der Waals surface area contributed by atoms with Gasteiger partial charge in [0.2, 0.25) is 0 Å². The molecule has 1 aliphatic heterocycles. The average Bonchev–Trinajstić information content (AvgIpc) is 2.86. The number of fused-ring (bicyclic) bond motifs is 1. The van der Waals surface area contributed by atoms with E-state index in [0.29, 0.717) is 25.5 Å². The molecule has 1 aromatic heterocycles. The molecule has 0 radical (unpaired) electrons. The van der Waals surface area contributed by atoms with Crippen molar-refractivity contribution in [3.8, 4) is 5.75 Å². The summed E-state index contributed by atoms with van der Waals surface area (Å²) in [4.78, 5) is 11.7. The number of nitrogens with zero attached hydrogens (tertiary/aromatic N) is 4. The standard InChI is InChI=1S/C22H29BrN4O2S/c1-14(2)20-15(3)25-19(12-24-30(28)22(4,5)6)26-21(20)27-9-10-29-18-8-7-17(23)11-16(18)13-27/h7-8,11-12,14H,9-10,13H2,1-6H3. The van der Waals surface area contributed by atoms with Gasteiger partial charge in [-0.3, -0.25) is 0 Å². The van der Waals surface area contributed by atoms with Crippen LogP contribution in [0.15, 0.2) is 27.1 Å². The largest absolute Gasteiger partial charge is 0.591 e. The summed E-state index contributed by atoms with van der Waals surface area (Å²) >= 11 is 2.20. The van der Waals surface area contributed by atoms with Crippen molar-refractivity contribution in [2.75, 3.05) is 18.1 Å². The van der Waals surface area contributed by atoms with Gasteiger partial charge in [-0.15, -0.1) is 0 Å². The Labute approximate surface area is 190 Å². The Hall–Kier alpha value is -1.64. The molecular formula is C22H29BrN4O2S. The minimum Gasteiger partial charge on any atom is -0.591 e. The van der Waals surface area contributed by atoms with Gasteiger partial charge in [-0.1, -0.05) is 34.2 Å². The third-order valence-corrected chi connectivity index (χ3v) is 6.64. The first-order valence-corrected chi connectivity index (χ1v) is 12.0. The van der Waals surface area contributed by atoms with Gasteiger partial charge in [-0.25, -0.2) is 9.97 Å². The molecule has 162 valence electrons. The minimum absolute atomic E-state index is 0.265. The SMILES string of the molecule is Cc1nc(C=N[S+]([O-])C(C)(C)C)nc(N2CCOc3ccc(Br)cc3C2)c1C(C)C. The first-order valence-electron chi connectivity index (χ1n) is 10.1. The van der Waals surface area contributed by atoms with Crippen LogP contribution in [0.1, 0.15) is 63.2 Å². The van der Waals surface area contributed by atoms with Crippen LogP contribution in [0.4, 0.5) is 5.82 Å². The van der Waals surface area contributed by atoms with E-state index >= 15 is 0 Å². The van der Waals surface area contributed by atoms with E-state index in [1.807, 2.05) is 39.8 Å². The highest BCUT2D eigenvalue weighted by atomic mass is 79.9. The second kappa shape index (κ2) is 9.24. The lowest BCUT2D eigenvalue weighted by Gasteiger charge is -2.26. The molecule has 0 saturated heterocycles. The summed E-state index contributed by atoms with van der Waals surface area (Å²) in [6, 6.07) is 6.08. The maximum absolute atomic E-state index is 12.3. The van der Waals surface area contributed by atoms with Crippen molar-refractivity contribution in [3.05, 3.63) is 45.3 Å². The van der Waals surface area contributed by atoms with Crippen LogP contribution >= 0.6 is 15.9 Å². The van der Waals surface area contributed by atoms with E-state index in [2.05, 4.69) is 50.1 Å². The quantitative estimate of drug-likeness (QED) is 0.445. The lowest BCUT2D eigenvalue weighted by molar-refractivity contribution is 0.331. The van der Waals surface area contributed by atoms with E-state index < -0.39 is 16.1 Å². The fourth-order valence-corrected chi connectivity index (χ4v) is 4.27. The lowest BCUT2D eigenvalue weighted by atomic mass is 10.0. The van der Waals surface area contributed by atoms with Gasteiger partial charge in [0.05, 0.1) is 6.54 Å². The van der Waals surface area contributed by atoms with Crippen molar-refractivity contribution in [3.63, 3.8) is 0 Å². The predicted molar refractivity (Wildman–Crippen MR) is 127 cm³/mol. The molecule has 0 spiro atoms. The van der Waals surface area contributed by atoms with Crippen LogP contribution in [0.5, 0.6) is 5.75 Å². The number of benzene rings is 1. The van der Waals surface area contributed by atoms with Crippen molar-refractivity contribution in [2.45, 2.75) is 58.8 Å². The van der Waals surface area contributed by atoms with E-state index in [1.54, 1.807) is 0 Å². The maximum Gasteiger partial charge on any atom is 0.177 e. The molecule has 1 aliphatic rings. The molecule has 0 saturated carbocycles. The summed E-state index contributed by atoms with van der Waals surface area (Å²) in [7, 11) is 0. The second-order valence-corrected chi connectivity index (χ2v) is 11.5. The molecule has 8 heteroatoms. The highest BCUT2D eigenvalue weighted by molar-refractivity contribution is 9.10. The van der Waals surface area contributed by atoms with Gasteiger partial charge >= 0.3 is 0 Å². The number of anilines is 1. The van der Waals surface area contributed by atoms with Crippen LogP contribution in [0.2, 0.25) is 0 Å². The van der Waals surface area contributed by atoms with Gasteiger partial charge in [-0.05, 0) is 51.8 Å². The molecule has 0 fully saturated rings. The Morgan fingerprint density at radius 2 is 2.03 bits per heavy atom. The molecule has 1 aromatic carbocycles. The summed E-state index contributed by atoms with van der Waals surface area (Å²) in [5.74, 6) is 2.53. The van der Waals surface area contributed by atoms with E-state index in [4.69, 9.17) is 9.72 Å². The van der Waals surface area contributed by atoms with Crippen LogP contribution in [0, 0.1) is 6.92 Å². The Morgan fingerprint density at radius 3 is 2.70 bits per heavy atom. The number of halogens is 1. The smallest absolute Gasteiger partial charge is 0.177 e. The van der Waals surface area contributed by atoms with Crippen molar-refractivity contribution in [2.24, 2.45) is 4.40 Å². The summed E-state index contributed by atoms with van der Waals surface area (Å²) in [6.45, 7) is 14.0. The fourth-order valence-electron chi connectivity index (χ4n) is 3.36. The van der Waals surface area contributed by atoms with Gasteiger partial charge in [0.1, 0.15) is 40.5 Å². The third kappa shape index (κ3) is 5.34. The summed E-state index contributed by atoms with van der Waals surface area (Å²) in [5.41, 5.74) is 3.14. The monoisotopic (exact) mass is 492 g/mol. The lowest BCUT2D eigenvalue weighted by Crippen LogP contribution is -2.29. The van der Waals surface area contributed by atoms with Crippen LogP contribution in [0.3, 0.4) is 0 Å². The Bertz CT molecular complexity index is 943. The van der Waals surface area contributed by atoms with Crippen molar-refractivity contribution in [1.29, 1.82) is 0 Å². The van der Waals surface area contributed by atoms with Gasteiger partial charge in [0.15, 0.2) is 5.82 Å². The normalized spacial score (nSPS) is 15.8. The number of hydrogen-bond acceptors (Lipinski definition) is 6. The zero-order valence-corrected chi connectivity index (χ0v) is 20.8. The summed E-state index contributed by atoms with van der Waals surface area (Å²) in [5, 5.41) is 0. The van der Waals surface area contributed by atoms with Crippen molar-refractivity contribution >= 4 is 39.3 Å². The first-order chi connectivity index (χ1) is 14.1. The average molecular weight is 493 g/mol. The Morgan fingerprint density at radius 1 is 1.30 bits per heavy atom. The number of hydrogen-bond donors (Lipinski definition) is 0. The molecule has 0 bridgehead atoms. The fraction of sp³-hybridized carbons (Fsp3) is 0.500. The minimum atomic E-state index is -1.35. The van der Waals surface area contributed by atoms with Crippen molar-refractivity contribution < 1.29 is 9.29 Å². The van der Waals surface area contributed by atoms with Crippen LogP contribution in [-0.4, -0.2) is 38.6 Å². The number of rotatable bonds is 4. The predicted octanol–water partition coefficient (Wildman–Crippen LogP) is 4.95. The van der Waals surface area contributed by atoms with E-state index in [0.717, 1.165) is 32.9 Å². The maximum atomic E-state index is 12.3. The second-order valence-electron chi connectivity index (χ2n) is 8.68. The zero-order valence-electron chi connectivity index (χ0n) is 18.4. The molecule has 0 aliphatic carbocycles. The van der Waals surface area contributed by atoms with E-state index in [-0.39, 0.29) is 5.92 Å². The highest BCUT2D eigenvalue weighted by Crippen LogP contribution is 2.33. The van der Waals surface area contributed by atoms with Gasteiger partial charge < -0.3 is 14.2 Å². The topological polar surface area (TPSA) is 73.7 Å². The molecule has 1 unspecified atom stereocenters. The van der Waals surface area contributed by atoms with Crippen LogP contribution in [0.25, 0.3) is 0 Å². The highest BCUT2D eigenvalue weighted by Gasteiger charge is 2.27. The first kappa shape index (κ1) is 23.0. The number of aryl methyl sites for hydroxylation is 1. The molecule has 6 nitrogen and oxygen atoms in total. The zero-order chi connectivity index (χ0) is 22.1. The molecule has 0 amide bonds.